The largest absolute Gasteiger partial charge is 0.497 e. The summed E-state index contributed by atoms with van der Waals surface area (Å²) in [5, 5.41) is 21.8. The second kappa shape index (κ2) is 8.66. The van der Waals surface area contributed by atoms with E-state index in [4.69, 9.17) is 4.74 Å². The average molecular weight is 391 g/mol. The molecule has 3 rings (SSSR count). The van der Waals surface area contributed by atoms with Gasteiger partial charge in [0.2, 0.25) is 0 Å². The maximum Gasteiger partial charge on any atom is 0.256 e. The van der Waals surface area contributed by atoms with Crippen LogP contribution in [0.25, 0.3) is 0 Å². The summed E-state index contributed by atoms with van der Waals surface area (Å²) in [5.41, 5.74) is -1.12. The molecule has 1 unspecified atom stereocenters. The van der Waals surface area contributed by atoms with E-state index in [9.17, 15) is 14.3 Å². The summed E-state index contributed by atoms with van der Waals surface area (Å²) in [6.07, 6.45) is 3.29. The number of nitrogens with zero attached hydrogens (tertiary/aromatic N) is 4. The Kier molecular flexibility index (Phi) is 6.25. The fourth-order valence-corrected chi connectivity index (χ4v) is 3.41. The topological polar surface area (TPSA) is 92.5 Å². The van der Waals surface area contributed by atoms with Gasteiger partial charge in [0.15, 0.2) is 5.60 Å². The molecule has 1 saturated heterocycles. The van der Waals surface area contributed by atoms with Crippen molar-refractivity contribution in [3.8, 4) is 5.75 Å². The summed E-state index contributed by atoms with van der Waals surface area (Å²) in [4.78, 5) is 14.4. The zero-order chi connectivity index (χ0) is 20.1. The number of rotatable bonds is 8. The number of carbonyl (C=O) groups excluding carboxylic acids is 1. The normalized spacial score (nSPS) is 19.9. The van der Waals surface area contributed by atoms with Crippen molar-refractivity contribution >= 4 is 5.91 Å². The van der Waals surface area contributed by atoms with Crippen LogP contribution < -0.4 is 10.1 Å². The number of aliphatic hydroxyl groups is 1. The Balaban J connectivity index is 1.58. The van der Waals surface area contributed by atoms with E-state index in [0.29, 0.717) is 43.7 Å². The van der Waals surface area contributed by atoms with Gasteiger partial charge in [-0.05, 0) is 31.0 Å². The third-order valence-electron chi connectivity index (χ3n) is 5.07. The van der Waals surface area contributed by atoms with Gasteiger partial charge in [-0.1, -0.05) is 0 Å². The van der Waals surface area contributed by atoms with Crippen LogP contribution in [0.4, 0.5) is 4.39 Å². The number of aryl methyl sites for hydroxylation is 1. The van der Waals surface area contributed by atoms with E-state index in [1.807, 2.05) is 11.6 Å². The number of methoxy groups -OCH3 is 1. The predicted octanol–water partition coefficient (Wildman–Crippen LogP) is 0.649. The zero-order valence-electron chi connectivity index (χ0n) is 16.2. The predicted molar refractivity (Wildman–Crippen MR) is 100 cm³/mol. The molecule has 28 heavy (non-hydrogen) atoms. The Labute approximate surface area is 163 Å². The van der Waals surface area contributed by atoms with E-state index in [0.717, 1.165) is 5.82 Å². The molecule has 1 atom stereocenters. The number of halogens is 1. The van der Waals surface area contributed by atoms with Gasteiger partial charge in [0.1, 0.15) is 23.7 Å². The number of aromatic nitrogens is 3. The molecule has 2 aromatic rings. The molecule has 0 aliphatic carbocycles. The van der Waals surface area contributed by atoms with E-state index in [-0.39, 0.29) is 19.0 Å². The van der Waals surface area contributed by atoms with Crippen molar-refractivity contribution in [2.75, 3.05) is 26.7 Å². The quantitative estimate of drug-likeness (QED) is 0.642. The minimum atomic E-state index is -1.49. The van der Waals surface area contributed by atoms with Crippen LogP contribution in [0.3, 0.4) is 0 Å². The molecule has 1 aliphatic rings. The SMILES string of the molecule is COc1ccc(F)c(CN2CCCC(O)(CNCCc3nncn3C)C2=O)c1. The third kappa shape index (κ3) is 4.48. The summed E-state index contributed by atoms with van der Waals surface area (Å²) in [6.45, 7) is 1.28. The summed E-state index contributed by atoms with van der Waals surface area (Å²) in [5.74, 6) is 0.572. The smallest absolute Gasteiger partial charge is 0.256 e. The zero-order valence-corrected chi connectivity index (χ0v) is 16.2. The number of piperidine rings is 1. The molecule has 1 aromatic carbocycles. The monoisotopic (exact) mass is 391 g/mol. The van der Waals surface area contributed by atoms with Crippen LogP contribution in [-0.2, 0) is 24.8 Å². The van der Waals surface area contributed by atoms with Crippen molar-refractivity contribution in [2.24, 2.45) is 7.05 Å². The van der Waals surface area contributed by atoms with Crippen molar-refractivity contribution in [2.45, 2.75) is 31.4 Å². The minimum absolute atomic E-state index is 0.100. The molecular formula is C19H26FN5O3. The Morgan fingerprint density at radius 1 is 1.43 bits per heavy atom. The lowest BCUT2D eigenvalue weighted by Gasteiger charge is -2.38. The number of amides is 1. The standard InChI is InChI=1S/C19H26FN5O3/c1-24-13-22-23-17(24)6-8-21-12-19(27)7-3-9-25(18(19)26)11-14-10-15(28-2)4-5-16(14)20/h4-5,10,13,21,27H,3,6-9,11-12H2,1-2H3. The molecule has 152 valence electrons. The summed E-state index contributed by atoms with van der Waals surface area (Å²) in [7, 11) is 3.37. The number of hydrogen-bond donors (Lipinski definition) is 2. The van der Waals surface area contributed by atoms with Crippen LogP contribution in [0.2, 0.25) is 0 Å². The molecule has 8 nitrogen and oxygen atoms in total. The molecular weight excluding hydrogens is 365 g/mol. The summed E-state index contributed by atoms with van der Waals surface area (Å²) in [6, 6.07) is 4.44. The number of likely N-dealkylation sites (tertiary alicyclic amines) is 1. The molecule has 2 heterocycles. The van der Waals surface area contributed by atoms with Crippen LogP contribution in [0.15, 0.2) is 24.5 Å². The highest BCUT2D eigenvalue weighted by Crippen LogP contribution is 2.25. The highest BCUT2D eigenvalue weighted by molar-refractivity contribution is 5.86. The van der Waals surface area contributed by atoms with Crippen LogP contribution >= 0.6 is 0 Å². The summed E-state index contributed by atoms with van der Waals surface area (Å²) < 4.78 is 21.1. The minimum Gasteiger partial charge on any atom is -0.497 e. The first-order valence-corrected chi connectivity index (χ1v) is 9.31. The van der Waals surface area contributed by atoms with Crippen LogP contribution in [-0.4, -0.2) is 63.0 Å². The molecule has 0 bridgehead atoms. The number of ether oxygens (including phenoxy) is 1. The second-order valence-corrected chi connectivity index (χ2v) is 7.10. The van der Waals surface area contributed by atoms with Gasteiger partial charge in [-0.15, -0.1) is 10.2 Å². The van der Waals surface area contributed by atoms with E-state index in [2.05, 4.69) is 15.5 Å². The van der Waals surface area contributed by atoms with Crippen molar-refractivity contribution < 1.29 is 19.0 Å². The molecule has 1 aromatic heterocycles. The van der Waals surface area contributed by atoms with Gasteiger partial charge in [-0.2, -0.15) is 0 Å². The Bertz CT molecular complexity index is 828. The molecule has 1 aliphatic heterocycles. The highest BCUT2D eigenvalue weighted by atomic mass is 19.1. The molecule has 1 amide bonds. The number of hydrogen-bond acceptors (Lipinski definition) is 6. The average Bonchev–Trinajstić information content (AvgIpc) is 3.09. The van der Waals surface area contributed by atoms with Gasteiger partial charge in [-0.3, -0.25) is 4.79 Å². The molecule has 0 saturated carbocycles. The maximum absolute atomic E-state index is 14.1. The molecule has 0 spiro atoms. The van der Waals surface area contributed by atoms with Crippen LogP contribution in [0.5, 0.6) is 5.75 Å². The van der Waals surface area contributed by atoms with E-state index < -0.39 is 11.4 Å². The Morgan fingerprint density at radius 3 is 2.96 bits per heavy atom. The fraction of sp³-hybridized carbons (Fsp3) is 0.526. The van der Waals surface area contributed by atoms with Gasteiger partial charge in [0, 0.05) is 45.2 Å². The fourth-order valence-electron chi connectivity index (χ4n) is 3.41. The molecule has 9 heteroatoms. The van der Waals surface area contributed by atoms with Crippen molar-refractivity contribution in [3.05, 3.63) is 41.7 Å². The van der Waals surface area contributed by atoms with Gasteiger partial charge < -0.3 is 24.6 Å². The van der Waals surface area contributed by atoms with Crippen molar-refractivity contribution in [1.29, 1.82) is 0 Å². The van der Waals surface area contributed by atoms with Gasteiger partial charge in [0.25, 0.3) is 5.91 Å². The van der Waals surface area contributed by atoms with E-state index in [1.54, 1.807) is 12.4 Å². The number of nitrogens with one attached hydrogen (secondary N) is 1. The summed E-state index contributed by atoms with van der Waals surface area (Å²) >= 11 is 0. The van der Waals surface area contributed by atoms with E-state index >= 15 is 0 Å². The van der Waals surface area contributed by atoms with Crippen molar-refractivity contribution in [1.82, 2.24) is 25.0 Å². The third-order valence-corrected chi connectivity index (χ3v) is 5.07. The van der Waals surface area contributed by atoms with Crippen LogP contribution in [0, 0.1) is 5.82 Å². The Morgan fingerprint density at radius 2 is 2.25 bits per heavy atom. The van der Waals surface area contributed by atoms with Gasteiger partial charge in [-0.25, -0.2) is 4.39 Å². The first-order valence-electron chi connectivity index (χ1n) is 9.31. The lowest BCUT2D eigenvalue weighted by molar-refractivity contribution is -0.157. The lowest BCUT2D eigenvalue weighted by Crippen LogP contribution is -2.57. The highest BCUT2D eigenvalue weighted by Gasteiger charge is 2.41. The van der Waals surface area contributed by atoms with Gasteiger partial charge >= 0.3 is 0 Å². The van der Waals surface area contributed by atoms with Crippen LogP contribution in [0.1, 0.15) is 24.2 Å². The molecule has 0 radical (unpaired) electrons. The number of benzene rings is 1. The maximum atomic E-state index is 14.1. The van der Waals surface area contributed by atoms with Crippen molar-refractivity contribution in [3.63, 3.8) is 0 Å². The first-order chi connectivity index (χ1) is 13.4. The molecule has 2 N–H and O–H groups in total. The lowest BCUT2D eigenvalue weighted by atomic mass is 9.91. The number of carbonyl (C=O) groups is 1. The Hall–Kier alpha value is -2.52. The molecule has 1 fully saturated rings. The van der Waals surface area contributed by atoms with Gasteiger partial charge in [0.05, 0.1) is 7.11 Å². The van der Waals surface area contributed by atoms with E-state index in [1.165, 1.54) is 24.1 Å². The second-order valence-electron chi connectivity index (χ2n) is 7.10. The first kappa shape index (κ1) is 20.2.